The van der Waals surface area contributed by atoms with Crippen LogP contribution in [0.3, 0.4) is 0 Å². The van der Waals surface area contributed by atoms with Gasteiger partial charge in [-0.25, -0.2) is 0 Å². The van der Waals surface area contributed by atoms with Crippen molar-refractivity contribution in [3.05, 3.63) is 69.1 Å². The van der Waals surface area contributed by atoms with E-state index in [2.05, 4.69) is 4.98 Å². The summed E-state index contributed by atoms with van der Waals surface area (Å²) in [5, 5.41) is 0.721. The summed E-state index contributed by atoms with van der Waals surface area (Å²) >= 11 is 5.96. The number of carbonyl (C=O) groups is 1. The molecule has 1 atom stereocenters. The molecule has 0 radical (unpaired) electrons. The Kier molecular flexibility index (Phi) is 4.82. The maximum absolute atomic E-state index is 12.7. The van der Waals surface area contributed by atoms with Gasteiger partial charge in [0, 0.05) is 41.9 Å². The number of hydrogen-bond acceptors (Lipinski definition) is 2. The maximum Gasteiger partial charge on any atom is 0.254 e. The van der Waals surface area contributed by atoms with E-state index in [0.717, 1.165) is 30.8 Å². The number of H-pyrrole nitrogens is 1. The van der Waals surface area contributed by atoms with E-state index >= 15 is 0 Å². The predicted octanol–water partition coefficient (Wildman–Crippen LogP) is 3.44. The van der Waals surface area contributed by atoms with Crippen molar-refractivity contribution < 1.29 is 4.79 Å². The Hall–Kier alpha value is -2.07. The fourth-order valence-electron chi connectivity index (χ4n) is 3.09. The Balaban J connectivity index is 1.80. The second-order valence-corrected chi connectivity index (χ2v) is 6.37. The normalized spacial score (nSPS) is 18.5. The highest BCUT2D eigenvalue weighted by molar-refractivity contribution is 6.30. The third-order valence-electron chi connectivity index (χ3n) is 4.32. The molecule has 1 aromatic heterocycles. The van der Waals surface area contributed by atoms with Gasteiger partial charge in [-0.05, 0) is 36.6 Å². The monoisotopic (exact) mass is 330 g/mol. The van der Waals surface area contributed by atoms with Crippen molar-refractivity contribution in [2.45, 2.75) is 25.2 Å². The van der Waals surface area contributed by atoms with E-state index in [4.69, 9.17) is 11.6 Å². The van der Waals surface area contributed by atoms with Crippen LogP contribution in [0.5, 0.6) is 0 Å². The lowest BCUT2D eigenvalue weighted by molar-refractivity contribution is 0.0754. The fourth-order valence-corrected chi connectivity index (χ4v) is 3.22. The number of pyridine rings is 1. The molecular formula is C18H19ClN2O2. The lowest BCUT2D eigenvalue weighted by atomic mass is 9.94. The van der Waals surface area contributed by atoms with Gasteiger partial charge in [0.15, 0.2) is 0 Å². The van der Waals surface area contributed by atoms with Gasteiger partial charge in [-0.1, -0.05) is 30.2 Å². The summed E-state index contributed by atoms with van der Waals surface area (Å²) in [4.78, 5) is 28.5. The highest BCUT2D eigenvalue weighted by Gasteiger charge is 2.24. The third kappa shape index (κ3) is 3.82. The predicted molar refractivity (Wildman–Crippen MR) is 91.0 cm³/mol. The number of carbonyl (C=O) groups excluding carboxylic acids is 1. The number of aromatic nitrogens is 1. The minimum atomic E-state index is -0.250. The quantitative estimate of drug-likeness (QED) is 0.917. The minimum Gasteiger partial charge on any atom is -0.338 e. The molecule has 5 heteroatoms. The molecule has 0 bridgehead atoms. The number of aromatic amines is 1. The van der Waals surface area contributed by atoms with Crippen LogP contribution in [0.15, 0.2) is 47.4 Å². The summed E-state index contributed by atoms with van der Waals surface area (Å²) in [6, 6.07) is 10.9. The summed E-state index contributed by atoms with van der Waals surface area (Å²) in [5.41, 5.74) is 1.41. The first-order valence-electron chi connectivity index (χ1n) is 7.87. The van der Waals surface area contributed by atoms with Crippen LogP contribution in [-0.4, -0.2) is 28.9 Å². The van der Waals surface area contributed by atoms with E-state index in [9.17, 15) is 9.59 Å². The fraction of sp³-hybridized carbons (Fsp3) is 0.333. The average Bonchev–Trinajstić information content (AvgIpc) is 2.81. The van der Waals surface area contributed by atoms with Gasteiger partial charge in [-0.15, -0.1) is 0 Å². The largest absolute Gasteiger partial charge is 0.338 e. The van der Waals surface area contributed by atoms with Crippen LogP contribution < -0.4 is 5.56 Å². The van der Waals surface area contributed by atoms with E-state index in [0.29, 0.717) is 18.0 Å². The zero-order valence-corrected chi connectivity index (χ0v) is 13.6. The summed E-state index contributed by atoms with van der Waals surface area (Å²) in [5.74, 6) is 0.234. The van der Waals surface area contributed by atoms with Crippen molar-refractivity contribution in [3.63, 3.8) is 0 Å². The Bertz CT molecular complexity index is 739. The van der Waals surface area contributed by atoms with Crippen LogP contribution in [0.1, 0.15) is 41.1 Å². The van der Waals surface area contributed by atoms with Crippen molar-refractivity contribution in [1.29, 1.82) is 0 Å². The molecule has 1 N–H and O–H groups in total. The lowest BCUT2D eigenvalue weighted by Crippen LogP contribution is -2.34. The highest BCUT2D eigenvalue weighted by Crippen LogP contribution is 2.28. The molecule has 0 saturated carbocycles. The molecule has 23 heavy (non-hydrogen) atoms. The van der Waals surface area contributed by atoms with Crippen LogP contribution in [0.25, 0.3) is 0 Å². The second-order valence-electron chi connectivity index (χ2n) is 5.94. The van der Waals surface area contributed by atoms with Gasteiger partial charge in [-0.3, -0.25) is 9.59 Å². The van der Waals surface area contributed by atoms with E-state index in [-0.39, 0.29) is 11.5 Å². The van der Waals surface area contributed by atoms with E-state index in [1.165, 1.54) is 17.8 Å². The molecule has 0 spiro atoms. The van der Waals surface area contributed by atoms with E-state index in [1.54, 1.807) is 6.07 Å². The van der Waals surface area contributed by atoms with Crippen LogP contribution in [0, 0.1) is 0 Å². The Labute approximate surface area is 140 Å². The molecule has 1 saturated heterocycles. The van der Waals surface area contributed by atoms with Crippen molar-refractivity contribution in [3.8, 4) is 0 Å². The van der Waals surface area contributed by atoms with Crippen LogP contribution >= 0.6 is 11.6 Å². The Morgan fingerprint density at radius 2 is 1.96 bits per heavy atom. The first-order valence-corrected chi connectivity index (χ1v) is 8.25. The summed E-state index contributed by atoms with van der Waals surface area (Å²) in [6.45, 7) is 1.41. The van der Waals surface area contributed by atoms with Gasteiger partial charge in [0.2, 0.25) is 5.56 Å². The van der Waals surface area contributed by atoms with Gasteiger partial charge in [-0.2, -0.15) is 0 Å². The summed E-state index contributed by atoms with van der Waals surface area (Å²) in [6.07, 6.45) is 4.65. The SMILES string of the molecule is O=C(c1cc[nH]c(=O)c1)N1CCCCC(c2ccc(Cl)cc2)C1. The second kappa shape index (κ2) is 7.01. The molecule has 120 valence electrons. The highest BCUT2D eigenvalue weighted by atomic mass is 35.5. The molecule has 1 amide bonds. The molecule has 4 nitrogen and oxygen atoms in total. The lowest BCUT2D eigenvalue weighted by Gasteiger charge is -2.25. The molecule has 1 fully saturated rings. The summed E-state index contributed by atoms with van der Waals surface area (Å²) in [7, 11) is 0. The number of hydrogen-bond donors (Lipinski definition) is 1. The first-order chi connectivity index (χ1) is 11.1. The van der Waals surface area contributed by atoms with Crippen molar-refractivity contribution in [1.82, 2.24) is 9.88 Å². The number of amides is 1. The number of likely N-dealkylation sites (tertiary alicyclic amines) is 1. The molecule has 3 rings (SSSR count). The van der Waals surface area contributed by atoms with Gasteiger partial charge in [0.05, 0.1) is 0 Å². The van der Waals surface area contributed by atoms with Crippen LogP contribution in [-0.2, 0) is 0 Å². The standard InChI is InChI=1S/C18H19ClN2O2/c19-16-6-4-13(5-7-16)15-3-1-2-10-21(12-15)18(23)14-8-9-20-17(22)11-14/h4-9,11,15H,1-3,10,12H2,(H,20,22). The molecule has 1 aliphatic rings. The molecular weight excluding hydrogens is 312 g/mol. The molecule has 0 aliphatic carbocycles. The molecule has 2 heterocycles. The van der Waals surface area contributed by atoms with Crippen molar-refractivity contribution in [2.75, 3.05) is 13.1 Å². The number of nitrogens with one attached hydrogen (secondary N) is 1. The Morgan fingerprint density at radius 1 is 1.17 bits per heavy atom. The molecule has 1 aliphatic heterocycles. The number of nitrogens with zero attached hydrogens (tertiary/aromatic N) is 1. The smallest absolute Gasteiger partial charge is 0.254 e. The zero-order valence-electron chi connectivity index (χ0n) is 12.8. The van der Waals surface area contributed by atoms with Gasteiger partial charge in [0.1, 0.15) is 0 Å². The van der Waals surface area contributed by atoms with E-state index < -0.39 is 0 Å². The first kappa shape index (κ1) is 15.8. The third-order valence-corrected chi connectivity index (χ3v) is 4.57. The zero-order chi connectivity index (χ0) is 16.2. The van der Waals surface area contributed by atoms with Crippen molar-refractivity contribution in [2.24, 2.45) is 0 Å². The average molecular weight is 331 g/mol. The molecule has 2 aromatic rings. The number of benzene rings is 1. The number of rotatable bonds is 2. The summed E-state index contributed by atoms with van der Waals surface area (Å²) < 4.78 is 0. The van der Waals surface area contributed by atoms with Gasteiger partial charge >= 0.3 is 0 Å². The van der Waals surface area contributed by atoms with Crippen LogP contribution in [0.2, 0.25) is 5.02 Å². The minimum absolute atomic E-state index is 0.0723. The van der Waals surface area contributed by atoms with E-state index in [1.807, 2.05) is 29.2 Å². The maximum atomic E-state index is 12.7. The Morgan fingerprint density at radius 3 is 2.70 bits per heavy atom. The van der Waals surface area contributed by atoms with Gasteiger partial charge < -0.3 is 9.88 Å². The number of halogens is 1. The van der Waals surface area contributed by atoms with Crippen molar-refractivity contribution >= 4 is 17.5 Å². The topological polar surface area (TPSA) is 53.2 Å². The molecule has 1 unspecified atom stereocenters. The van der Waals surface area contributed by atoms with Crippen LogP contribution in [0.4, 0.5) is 0 Å². The molecule has 1 aromatic carbocycles. The van der Waals surface area contributed by atoms with Gasteiger partial charge in [0.25, 0.3) is 5.91 Å².